The van der Waals surface area contributed by atoms with Crippen LogP contribution in [0.1, 0.15) is 26.2 Å². The van der Waals surface area contributed by atoms with Gasteiger partial charge in [-0.1, -0.05) is 13.3 Å². The van der Waals surface area contributed by atoms with Crippen molar-refractivity contribution in [2.45, 2.75) is 32.3 Å². The average Bonchev–Trinajstić information content (AvgIpc) is 2.14. The SMILES string of the molecule is CCCCNC(=O)C(CC(=O)O)OC. The lowest BCUT2D eigenvalue weighted by atomic mass is 10.2. The maximum Gasteiger partial charge on any atom is 0.306 e. The van der Waals surface area contributed by atoms with E-state index in [1.165, 1.54) is 7.11 Å². The van der Waals surface area contributed by atoms with Crippen LogP contribution in [0, 0.1) is 0 Å². The average molecular weight is 203 g/mol. The molecule has 0 aromatic heterocycles. The molecule has 0 aromatic carbocycles. The maximum atomic E-state index is 11.3. The van der Waals surface area contributed by atoms with E-state index < -0.39 is 12.1 Å². The third-order valence-electron chi connectivity index (χ3n) is 1.77. The Balaban J connectivity index is 3.85. The number of nitrogens with one attached hydrogen (secondary N) is 1. The van der Waals surface area contributed by atoms with E-state index in [1.54, 1.807) is 0 Å². The van der Waals surface area contributed by atoms with E-state index in [0.29, 0.717) is 6.54 Å². The lowest BCUT2D eigenvalue weighted by Crippen LogP contribution is -2.37. The minimum Gasteiger partial charge on any atom is -0.481 e. The second-order valence-electron chi connectivity index (χ2n) is 2.97. The van der Waals surface area contributed by atoms with Crippen molar-refractivity contribution in [3.8, 4) is 0 Å². The summed E-state index contributed by atoms with van der Waals surface area (Å²) in [6.07, 6.45) is 0.685. The zero-order valence-electron chi connectivity index (χ0n) is 8.58. The van der Waals surface area contributed by atoms with Gasteiger partial charge in [0.1, 0.15) is 6.10 Å². The van der Waals surface area contributed by atoms with E-state index in [4.69, 9.17) is 9.84 Å². The molecule has 0 rings (SSSR count). The number of amides is 1. The Morgan fingerprint density at radius 2 is 2.14 bits per heavy atom. The van der Waals surface area contributed by atoms with Gasteiger partial charge in [0, 0.05) is 13.7 Å². The van der Waals surface area contributed by atoms with Gasteiger partial charge in [-0.05, 0) is 6.42 Å². The van der Waals surface area contributed by atoms with Crippen molar-refractivity contribution in [2.75, 3.05) is 13.7 Å². The molecule has 14 heavy (non-hydrogen) atoms. The van der Waals surface area contributed by atoms with Crippen LogP contribution >= 0.6 is 0 Å². The fourth-order valence-corrected chi connectivity index (χ4v) is 0.944. The molecule has 0 radical (unpaired) electrons. The van der Waals surface area contributed by atoms with Gasteiger partial charge < -0.3 is 15.2 Å². The minimum atomic E-state index is -1.04. The van der Waals surface area contributed by atoms with Crippen molar-refractivity contribution < 1.29 is 19.4 Å². The van der Waals surface area contributed by atoms with Crippen LogP contribution in [0.3, 0.4) is 0 Å². The molecule has 0 spiro atoms. The molecule has 0 aromatic rings. The largest absolute Gasteiger partial charge is 0.481 e. The maximum absolute atomic E-state index is 11.3. The molecule has 0 saturated carbocycles. The zero-order valence-corrected chi connectivity index (χ0v) is 8.58. The molecule has 1 atom stereocenters. The van der Waals surface area contributed by atoms with Crippen LogP contribution < -0.4 is 5.32 Å². The molecule has 5 nitrogen and oxygen atoms in total. The van der Waals surface area contributed by atoms with Crippen molar-refractivity contribution in [3.05, 3.63) is 0 Å². The summed E-state index contributed by atoms with van der Waals surface area (Å²) in [6, 6.07) is 0. The number of methoxy groups -OCH3 is 1. The van der Waals surface area contributed by atoms with Crippen LogP contribution in [0.5, 0.6) is 0 Å². The molecule has 1 unspecified atom stereocenters. The molecule has 5 heteroatoms. The van der Waals surface area contributed by atoms with E-state index in [-0.39, 0.29) is 12.3 Å². The first kappa shape index (κ1) is 12.9. The molecule has 0 bridgehead atoms. The van der Waals surface area contributed by atoms with Crippen molar-refractivity contribution >= 4 is 11.9 Å². The number of carbonyl (C=O) groups excluding carboxylic acids is 1. The smallest absolute Gasteiger partial charge is 0.306 e. The van der Waals surface area contributed by atoms with Gasteiger partial charge in [0.05, 0.1) is 6.42 Å². The van der Waals surface area contributed by atoms with E-state index >= 15 is 0 Å². The summed E-state index contributed by atoms with van der Waals surface area (Å²) in [5, 5.41) is 11.1. The number of hydrogen-bond donors (Lipinski definition) is 2. The monoisotopic (exact) mass is 203 g/mol. The summed E-state index contributed by atoms with van der Waals surface area (Å²) in [5.74, 6) is -1.40. The van der Waals surface area contributed by atoms with E-state index in [1.807, 2.05) is 6.92 Å². The summed E-state index contributed by atoms with van der Waals surface area (Å²) < 4.78 is 4.76. The van der Waals surface area contributed by atoms with Gasteiger partial charge in [-0.15, -0.1) is 0 Å². The number of aliphatic carboxylic acids is 1. The topological polar surface area (TPSA) is 75.6 Å². The molecule has 0 saturated heterocycles. The van der Waals surface area contributed by atoms with E-state index in [0.717, 1.165) is 12.8 Å². The third kappa shape index (κ3) is 5.53. The molecule has 0 aliphatic carbocycles. The number of ether oxygens (including phenoxy) is 1. The van der Waals surface area contributed by atoms with E-state index in [9.17, 15) is 9.59 Å². The Morgan fingerprint density at radius 1 is 1.50 bits per heavy atom. The zero-order chi connectivity index (χ0) is 11.0. The first-order chi connectivity index (χ1) is 6.61. The van der Waals surface area contributed by atoms with Crippen LogP contribution in [0.4, 0.5) is 0 Å². The van der Waals surface area contributed by atoms with Gasteiger partial charge in [-0.3, -0.25) is 9.59 Å². The highest BCUT2D eigenvalue weighted by molar-refractivity contribution is 5.85. The van der Waals surface area contributed by atoms with Crippen molar-refractivity contribution in [1.29, 1.82) is 0 Å². The molecule has 82 valence electrons. The van der Waals surface area contributed by atoms with Gasteiger partial charge in [0.25, 0.3) is 0 Å². The Morgan fingerprint density at radius 3 is 2.57 bits per heavy atom. The summed E-state index contributed by atoms with van der Waals surface area (Å²) in [4.78, 5) is 21.6. The molecule has 0 aliphatic rings. The molecule has 2 N–H and O–H groups in total. The van der Waals surface area contributed by atoms with Crippen molar-refractivity contribution in [3.63, 3.8) is 0 Å². The van der Waals surface area contributed by atoms with Crippen LogP contribution in [0.15, 0.2) is 0 Å². The number of hydrogen-bond acceptors (Lipinski definition) is 3. The quantitative estimate of drug-likeness (QED) is 0.587. The number of carboxylic acids is 1. The fraction of sp³-hybridized carbons (Fsp3) is 0.778. The summed E-state index contributed by atoms with van der Waals surface area (Å²) >= 11 is 0. The molecular weight excluding hydrogens is 186 g/mol. The van der Waals surface area contributed by atoms with Crippen LogP contribution in [-0.2, 0) is 14.3 Å². The highest BCUT2D eigenvalue weighted by Crippen LogP contribution is 1.97. The summed E-state index contributed by atoms with van der Waals surface area (Å²) in [6.45, 7) is 2.58. The van der Waals surface area contributed by atoms with Crippen molar-refractivity contribution in [1.82, 2.24) is 5.32 Å². The third-order valence-corrected chi connectivity index (χ3v) is 1.77. The second-order valence-corrected chi connectivity index (χ2v) is 2.97. The normalized spacial score (nSPS) is 12.1. The second kappa shape index (κ2) is 7.32. The Bertz CT molecular complexity index is 193. The Labute approximate surface area is 83.4 Å². The highest BCUT2D eigenvalue weighted by atomic mass is 16.5. The van der Waals surface area contributed by atoms with Crippen LogP contribution in [0.25, 0.3) is 0 Å². The van der Waals surface area contributed by atoms with Gasteiger partial charge in [-0.25, -0.2) is 0 Å². The Kier molecular flexibility index (Phi) is 6.74. The lowest BCUT2D eigenvalue weighted by molar-refractivity contribution is -0.145. The summed E-state index contributed by atoms with van der Waals surface area (Å²) in [5.41, 5.74) is 0. The van der Waals surface area contributed by atoms with Gasteiger partial charge >= 0.3 is 5.97 Å². The predicted molar refractivity (Wildman–Crippen MR) is 51.0 cm³/mol. The van der Waals surface area contributed by atoms with Gasteiger partial charge in [-0.2, -0.15) is 0 Å². The van der Waals surface area contributed by atoms with E-state index in [2.05, 4.69) is 5.32 Å². The number of carboxylic acid groups (broad SMARTS) is 1. The standard InChI is InChI=1S/C9H17NO4/c1-3-4-5-10-9(13)7(14-2)6-8(11)12/h7H,3-6H2,1-2H3,(H,10,13)(H,11,12). The molecule has 0 aliphatic heterocycles. The first-order valence-electron chi connectivity index (χ1n) is 4.64. The number of unbranched alkanes of at least 4 members (excludes halogenated alkanes) is 1. The number of carbonyl (C=O) groups is 2. The fourth-order valence-electron chi connectivity index (χ4n) is 0.944. The van der Waals surface area contributed by atoms with Crippen LogP contribution in [0.2, 0.25) is 0 Å². The van der Waals surface area contributed by atoms with Gasteiger partial charge in [0.15, 0.2) is 0 Å². The number of rotatable bonds is 7. The van der Waals surface area contributed by atoms with Crippen LogP contribution in [-0.4, -0.2) is 36.7 Å². The molecular formula is C9H17NO4. The summed E-state index contributed by atoms with van der Waals surface area (Å²) in [7, 11) is 1.33. The minimum absolute atomic E-state index is 0.297. The Hall–Kier alpha value is -1.10. The molecule has 0 fully saturated rings. The van der Waals surface area contributed by atoms with Crippen molar-refractivity contribution in [2.24, 2.45) is 0 Å². The molecule has 0 heterocycles. The lowest BCUT2D eigenvalue weighted by Gasteiger charge is -2.12. The predicted octanol–water partition coefficient (Wildman–Crippen LogP) is 0.392. The molecule has 1 amide bonds. The highest BCUT2D eigenvalue weighted by Gasteiger charge is 2.20. The first-order valence-corrected chi connectivity index (χ1v) is 4.64. The van der Waals surface area contributed by atoms with Gasteiger partial charge in [0.2, 0.25) is 5.91 Å².